The van der Waals surface area contributed by atoms with Gasteiger partial charge in [-0.3, -0.25) is 4.79 Å². The number of ether oxygens (including phenoxy) is 3. The van der Waals surface area contributed by atoms with Crippen molar-refractivity contribution in [3.8, 4) is 17.2 Å². The van der Waals surface area contributed by atoms with Crippen molar-refractivity contribution in [2.75, 3.05) is 30.1 Å². The molecule has 0 saturated carbocycles. The molecule has 1 amide bonds. The van der Waals surface area contributed by atoms with Crippen LogP contribution in [0.5, 0.6) is 17.2 Å². The van der Waals surface area contributed by atoms with Crippen molar-refractivity contribution in [3.05, 3.63) is 93.1 Å². The third kappa shape index (κ3) is 6.89. The number of benzene rings is 3. The first-order chi connectivity index (χ1) is 21.3. The highest BCUT2D eigenvalue weighted by Gasteiger charge is 2.35. The number of para-hydroxylation sites is 2. The number of thioether (sulfide) groups is 1. The van der Waals surface area contributed by atoms with E-state index in [0.29, 0.717) is 63.0 Å². The van der Waals surface area contributed by atoms with E-state index in [1.165, 1.54) is 5.56 Å². The van der Waals surface area contributed by atoms with E-state index in [1.54, 1.807) is 23.6 Å². The second-order valence-electron chi connectivity index (χ2n) is 10.3. The van der Waals surface area contributed by atoms with Gasteiger partial charge in [0.15, 0.2) is 11.5 Å². The molecule has 0 bridgehead atoms. The fourth-order valence-corrected chi connectivity index (χ4v) is 6.16. The molecule has 9 nitrogen and oxygen atoms in total. The molecular weight excluding hydrogens is 642 g/mol. The molecule has 0 aliphatic carbocycles. The van der Waals surface area contributed by atoms with Crippen LogP contribution in [0.1, 0.15) is 49.9 Å². The van der Waals surface area contributed by atoms with Crippen molar-refractivity contribution in [2.24, 2.45) is 0 Å². The number of anilines is 2. The van der Waals surface area contributed by atoms with Gasteiger partial charge in [0.2, 0.25) is 11.1 Å². The third-order valence-corrected chi connectivity index (χ3v) is 8.65. The summed E-state index contributed by atoms with van der Waals surface area (Å²) in [5, 5.41) is 11.8. The minimum Gasteiger partial charge on any atom is -0.493 e. The van der Waals surface area contributed by atoms with Gasteiger partial charge in [0.05, 0.1) is 29.4 Å². The number of aryl methyl sites for hydroxylation is 1. The number of rotatable bonds is 12. The summed E-state index contributed by atoms with van der Waals surface area (Å²) in [6.45, 7) is 8.80. The highest BCUT2D eigenvalue weighted by Crippen LogP contribution is 2.43. The maximum Gasteiger partial charge on any atom is 0.255 e. The Labute approximate surface area is 270 Å². The monoisotopic (exact) mass is 677 g/mol. The van der Waals surface area contributed by atoms with Crippen LogP contribution >= 0.6 is 27.7 Å². The molecule has 44 heavy (non-hydrogen) atoms. The maximum absolute atomic E-state index is 14.1. The van der Waals surface area contributed by atoms with E-state index in [4.69, 9.17) is 24.3 Å². The quantitative estimate of drug-likeness (QED) is 0.147. The number of hydrogen-bond donors (Lipinski definition) is 2. The minimum atomic E-state index is -0.606. The highest BCUT2D eigenvalue weighted by atomic mass is 79.9. The first-order valence-electron chi connectivity index (χ1n) is 14.5. The van der Waals surface area contributed by atoms with Gasteiger partial charge in [-0.05, 0) is 78.5 Å². The number of allylic oxidation sites excluding steroid dienone is 1. The fraction of sp³-hybridized carbons (Fsp3) is 0.303. The molecule has 5 rings (SSSR count). The first kappa shape index (κ1) is 31.5. The van der Waals surface area contributed by atoms with E-state index in [9.17, 15) is 4.79 Å². The Hall–Kier alpha value is -3.96. The first-order valence-corrected chi connectivity index (χ1v) is 16.3. The van der Waals surface area contributed by atoms with Crippen LogP contribution in [-0.2, 0) is 11.4 Å². The van der Waals surface area contributed by atoms with Crippen molar-refractivity contribution < 1.29 is 19.0 Å². The Morgan fingerprint density at radius 3 is 2.57 bits per heavy atom. The zero-order valence-electron chi connectivity index (χ0n) is 25.4. The summed E-state index contributed by atoms with van der Waals surface area (Å²) < 4.78 is 20.3. The van der Waals surface area contributed by atoms with Gasteiger partial charge in [0.25, 0.3) is 5.91 Å². The van der Waals surface area contributed by atoms with E-state index < -0.39 is 6.04 Å². The Bertz CT molecular complexity index is 1670. The molecule has 1 aliphatic heterocycles. The summed E-state index contributed by atoms with van der Waals surface area (Å²) >= 11 is 5.30. The van der Waals surface area contributed by atoms with Crippen LogP contribution in [0, 0.1) is 6.92 Å². The average Bonchev–Trinajstić information content (AvgIpc) is 3.42. The summed E-state index contributed by atoms with van der Waals surface area (Å²) in [6.07, 6.45) is 0.990. The van der Waals surface area contributed by atoms with Crippen molar-refractivity contribution in [1.29, 1.82) is 0 Å². The van der Waals surface area contributed by atoms with Crippen LogP contribution < -0.4 is 24.8 Å². The predicted molar refractivity (Wildman–Crippen MR) is 178 cm³/mol. The molecule has 1 atom stereocenters. The van der Waals surface area contributed by atoms with Gasteiger partial charge in [-0.15, -0.1) is 5.10 Å². The number of hydrogen-bond acceptors (Lipinski definition) is 8. The van der Waals surface area contributed by atoms with Crippen molar-refractivity contribution in [2.45, 2.75) is 51.9 Å². The highest BCUT2D eigenvalue weighted by molar-refractivity contribution is 9.10. The number of amides is 1. The molecule has 0 spiro atoms. The smallest absolute Gasteiger partial charge is 0.255 e. The number of halogens is 1. The van der Waals surface area contributed by atoms with Crippen LogP contribution in [-0.4, -0.2) is 40.1 Å². The Morgan fingerprint density at radius 1 is 1.07 bits per heavy atom. The van der Waals surface area contributed by atoms with E-state index in [2.05, 4.69) is 52.5 Å². The standard InChI is InChI=1S/C33H36BrN5O4S/c1-6-16-44-33-37-32-35-21(4)28(31(40)36-25-10-8-9-11-26(25)42-7-2)29(39(32)38-33)23-17-24(34)30(27(18-23)41-5)43-19-22-14-12-20(3)13-15-22/h8-15,17-18,29H,6-7,16,19H2,1-5H3,(H,36,40)(H,35,37,38). The van der Waals surface area contributed by atoms with Gasteiger partial charge in [-0.1, -0.05) is 60.6 Å². The molecule has 4 aromatic rings. The molecule has 1 aliphatic rings. The number of fused-ring (bicyclic) bond motifs is 1. The summed E-state index contributed by atoms with van der Waals surface area (Å²) in [5.41, 5.74) is 4.75. The molecule has 0 radical (unpaired) electrons. The molecule has 3 aromatic carbocycles. The molecule has 0 fully saturated rings. The number of nitrogens with zero attached hydrogens (tertiary/aromatic N) is 3. The van der Waals surface area contributed by atoms with E-state index in [1.807, 2.05) is 62.4 Å². The second kappa shape index (κ2) is 14.2. The molecule has 230 valence electrons. The second-order valence-corrected chi connectivity index (χ2v) is 12.2. The van der Waals surface area contributed by atoms with Gasteiger partial charge < -0.3 is 24.8 Å². The number of aromatic nitrogens is 3. The summed E-state index contributed by atoms with van der Waals surface area (Å²) in [7, 11) is 1.60. The molecule has 11 heteroatoms. The van der Waals surface area contributed by atoms with Crippen LogP contribution in [0.15, 0.2) is 81.6 Å². The number of carbonyl (C=O) groups excluding carboxylic acids is 1. The van der Waals surface area contributed by atoms with Crippen molar-refractivity contribution in [1.82, 2.24) is 14.8 Å². The molecule has 1 unspecified atom stereocenters. The van der Waals surface area contributed by atoms with Crippen LogP contribution in [0.2, 0.25) is 0 Å². The number of methoxy groups -OCH3 is 1. The Kier molecular flexibility index (Phi) is 10.2. The lowest BCUT2D eigenvalue weighted by Crippen LogP contribution is -2.31. The summed E-state index contributed by atoms with van der Waals surface area (Å²) in [5.74, 6) is 2.86. The predicted octanol–water partition coefficient (Wildman–Crippen LogP) is 7.77. The minimum absolute atomic E-state index is 0.286. The SMILES string of the molecule is CCCSc1nc2n(n1)C(c1cc(Br)c(OCc3ccc(C)cc3)c(OC)c1)C(C(=O)Nc1ccccc1OCC)=C(C)N2. The van der Waals surface area contributed by atoms with Gasteiger partial charge in [0.1, 0.15) is 18.4 Å². The van der Waals surface area contributed by atoms with Gasteiger partial charge >= 0.3 is 0 Å². The maximum atomic E-state index is 14.1. The van der Waals surface area contributed by atoms with Gasteiger partial charge in [0, 0.05) is 11.4 Å². The molecule has 2 N–H and O–H groups in total. The molecule has 1 aromatic heterocycles. The molecule has 0 saturated heterocycles. The zero-order valence-corrected chi connectivity index (χ0v) is 27.8. The number of carbonyl (C=O) groups is 1. The zero-order chi connectivity index (χ0) is 31.2. The Balaban J connectivity index is 1.55. The lowest BCUT2D eigenvalue weighted by atomic mass is 9.94. The topological polar surface area (TPSA) is 99.5 Å². The van der Waals surface area contributed by atoms with Gasteiger partial charge in [-0.25, -0.2) is 4.68 Å². The largest absolute Gasteiger partial charge is 0.493 e. The van der Waals surface area contributed by atoms with Crippen LogP contribution in [0.25, 0.3) is 0 Å². The van der Waals surface area contributed by atoms with Crippen LogP contribution in [0.3, 0.4) is 0 Å². The molecular formula is C33H36BrN5O4S. The lowest BCUT2D eigenvalue weighted by molar-refractivity contribution is -0.113. The normalized spacial score (nSPS) is 14.1. The number of nitrogens with one attached hydrogen (secondary N) is 2. The van der Waals surface area contributed by atoms with E-state index in [0.717, 1.165) is 23.3 Å². The molecule has 2 heterocycles. The average molecular weight is 679 g/mol. The van der Waals surface area contributed by atoms with E-state index >= 15 is 0 Å². The van der Waals surface area contributed by atoms with E-state index in [-0.39, 0.29) is 5.91 Å². The lowest BCUT2D eigenvalue weighted by Gasteiger charge is -2.29. The Morgan fingerprint density at radius 2 is 1.84 bits per heavy atom. The fourth-order valence-electron chi connectivity index (χ4n) is 4.91. The third-order valence-electron chi connectivity index (χ3n) is 7.02. The van der Waals surface area contributed by atoms with Crippen LogP contribution in [0.4, 0.5) is 11.6 Å². The summed E-state index contributed by atoms with van der Waals surface area (Å²) in [6, 6.07) is 18.8. The van der Waals surface area contributed by atoms with Gasteiger partial charge in [-0.2, -0.15) is 4.98 Å². The van der Waals surface area contributed by atoms with Crippen molar-refractivity contribution in [3.63, 3.8) is 0 Å². The van der Waals surface area contributed by atoms with Crippen molar-refractivity contribution >= 4 is 45.2 Å². The summed E-state index contributed by atoms with van der Waals surface area (Å²) in [4.78, 5) is 18.8.